The Morgan fingerprint density at radius 3 is 2.08 bits per heavy atom. The van der Waals surface area contributed by atoms with E-state index in [1.165, 1.54) is 5.56 Å². The second-order valence-electron chi connectivity index (χ2n) is 6.99. The normalized spacial score (nSPS) is 16.0. The third-order valence-corrected chi connectivity index (χ3v) is 5.17. The standard InChI is InChI=1S/C21H24N4O/c26-21-23-22-20(25(21)16-18-9-5-2-6-10-18)19-11-13-24(14-12-19)15-17-7-3-1-4-8-17/h1-10,19H,11-16H2,(H,23,26). The zero-order valence-corrected chi connectivity index (χ0v) is 14.8. The number of rotatable bonds is 5. The molecule has 4 rings (SSSR count). The summed E-state index contributed by atoms with van der Waals surface area (Å²) in [5.74, 6) is 1.24. The van der Waals surface area contributed by atoms with Crippen LogP contribution < -0.4 is 5.69 Å². The Bertz CT molecular complexity index is 877. The first kappa shape index (κ1) is 16.8. The molecule has 1 aliphatic rings. The summed E-state index contributed by atoms with van der Waals surface area (Å²) in [6.07, 6.45) is 2.07. The van der Waals surface area contributed by atoms with E-state index in [4.69, 9.17) is 0 Å². The van der Waals surface area contributed by atoms with Gasteiger partial charge in [-0.3, -0.25) is 9.47 Å². The van der Waals surface area contributed by atoms with Crippen molar-refractivity contribution in [2.24, 2.45) is 0 Å². The molecule has 2 heterocycles. The second kappa shape index (κ2) is 7.70. The summed E-state index contributed by atoms with van der Waals surface area (Å²) in [4.78, 5) is 14.7. The summed E-state index contributed by atoms with van der Waals surface area (Å²) >= 11 is 0. The minimum atomic E-state index is -0.115. The van der Waals surface area contributed by atoms with Gasteiger partial charge in [0.05, 0.1) is 6.54 Å². The summed E-state index contributed by atoms with van der Waals surface area (Å²) in [5, 5.41) is 7.00. The highest BCUT2D eigenvalue weighted by atomic mass is 16.1. The highest BCUT2D eigenvalue weighted by molar-refractivity contribution is 5.17. The number of nitrogens with zero attached hydrogens (tertiary/aromatic N) is 3. The first-order chi connectivity index (χ1) is 12.8. The molecular formula is C21H24N4O. The average molecular weight is 348 g/mol. The van der Waals surface area contributed by atoms with Gasteiger partial charge in [0.1, 0.15) is 5.82 Å². The van der Waals surface area contributed by atoms with Crippen LogP contribution >= 0.6 is 0 Å². The van der Waals surface area contributed by atoms with Crippen LogP contribution in [0.1, 0.15) is 35.7 Å². The van der Waals surface area contributed by atoms with Crippen LogP contribution in [0.3, 0.4) is 0 Å². The molecule has 0 atom stereocenters. The number of aromatic amines is 1. The van der Waals surface area contributed by atoms with Crippen molar-refractivity contribution in [2.75, 3.05) is 13.1 Å². The van der Waals surface area contributed by atoms with Crippen molar-refractivity contribution in [3.8, 4) is 0 Å². The van der Waals surface area contributed by atoms with Crippen molar-refractivity contribution in [3.05, 3.63) is 88.1 Å². The molecule has 0 aliphatic carbocycles. The van der Waals surface area contributed by atoms with Crippen molar-refractivity contribution in [2.45, 2.75) is 31.8 Å². The third kappa shape index (κ3) is 3.78. The minimum Gasteiger partial charge on any atom is -0.299 e. The lowest BCUT2D eigenvalue weighted by molar-refractivity contribution is 0.200. The Hall–Kier alpha value is -2.66. The van der Waals surface area contributed by atoms with Crippen LogP contribution in [0.25, 0.3) is 0 Å². The van der Waals surface area contributed by atoms with E-state index in [1.54, 1.807) is 4.57 Å². The van der Waals surface area contributed by atoms with Gasteiger partial charge in [0.15, 0.2) is 0 Å². The number of benzene rings is 2. The summed E-state index contributed by atoms with van der Waals surface area (Å²) in [7, 11) is 0. The van der Waals surface area contributed by atoms with Gasteiger partial charge < -0.3 is 0 Å². The van der Waals surface area contributed by atoms with Crippen LogP contribution in [0, 0.1) is 0 Å². The van der Waals surface area contributed by atoms with E-state index in [2.05, 4.69) is 45.4 Å². The average Bonchev–Trinajstić information content (AvgIpc) is 3.05. The molecule has 0 radical (unpaired) electrons. The number of piperidine rings is 1. The fourth-order valence-electron chi connectivity index (χ4n) is 3.75. The quantitative estimate of drug-likeness (QED) is 0.771. The zero-order valence-electron chi connectivity index (χ0n) is 14.8. The van der Waals surface area contributed by atoms with Gasteiger partial charge in [-0.25, -0.2) is 9.89 Å². The molecule has 1 aromatic heterocycles. The molecule has 5 heteroatoms. The van der Waals surface area contributed by atoms with Crippen molar-refractivity contribution in [3.63, 3.8) is 0 Å². The Kier molecular flexibility index (Phi) is 4.97. The lowest BCUT2D eigenvalue weighted by Gasteiger charge is -2.31. The number of likely N-dealkylation sites (tertiary alicyclic amines) is 1. The first-order valence-electron chi connectivity index (χ1n) is 9.25. The molecule has 0 spiro atoms. The molecule has 2 aromatic carbocycles. The van der Waals surface area contributed by atoms with E-state index in [0.717, 1.165) is 43.9 Å². The van der Waals surface area contributed by atoms with Gasteiger partial charge in [0, 0.05) is 12.5 Å². The molecular weight excluding hydrogens is 324 g/mol. The third-order valence-electron chi connectivity index (χ3n) is 5.17. The molecule has 1 saturated heterocycles. The van der Waals surface area contributed by atoms with Gasteiger partial charge in [0.2, 0.25) is 0 Å². The lowest BCUT2D eigenvalue weighted by atomic mass is 9.95. The molecule has 0 saturated carbocycles. The molecule has 1 N–H and O–H groups in total. The van der Waals surface area contributed by atoms with Crippen LogP contribution in [-0.4, -0.2) is 32.8 Å². The van der Waals surface area contributed by atoms with Crippen LogP contribution in [0.5, 0.6) is 0 Å². The van der Waals surface area contributed by atoms with Crippen LogP contribution in [0.2, 0.25) is 0 Å². The Labute approximate surface area is 153 Å². The van der Waals surface area contributed by atoms with E-state index in [9.17, 15) is 4.79 Å². The van der Waals surface area contributed by atoms with E-state index in [0.29, 0.717) is 12.5 Å². The van der Waals surface area contributed by atoms with E-state index in [1.807, 2.05) is 30.3 Å². The molecule has 0 bridgehead atoms. The van der Waals surface area contributed by atoms with Crippen LogP contribution in [-0.2, 0) is 13.1 Å². The van der Waals surface area contributed by atoms with Gasteiger partial charge >= 0.3 is 5.69 Å². The van der Waals surface area contributed by atoms with Crippen LogP contribution in [0.4, 0.5) is 0 Å². The lowest BCUT2D eigenvalue weighted by Crippen LogP contribution is -2.34. The Morgan fingerprint density at radius 2 is 1.46 bits per heavy atom. The largest absolute Gasteiger partial charge is 0.343 e. The smallest absolute Gasteiger partial charge is 0.299 e. The number of hydrogen-bond donors (Lipinski definition) is 1. The van der Waals surface area contributed by atoms with Gasteiger partial charge in [-0.05, 0) is 37.1 Å². The number of nitrogens with one attached hydrogen (secondary N) is 1. The predicted molar refractivity (Wildman–Crippen MR) is 102 cm³/mol. The molecule has 5 nitrogen and oxygen atoms in total. The second-order valence-corrected chi connectivity index (χ2v) is 6.99. The van der Waals surface area contributed by atoms with Gasteiger partial charge in [-0.2, -0.15) is 5.10 Å². The fraction of sp³-hybridized carbons (Fsp3) is 0.333. The molecule has 1 fully saturated rings. The highest BCUT2D eigenvalue weighted by Crippen LogP contribution is 2.27. The van der Waals surface area contributed by atoms with Crippen molar-refractivity contribution >= 4 is 0 Å². The molecule has 3 aromatic rings. The Balaban J connectivity index is 1.42. The van der Waals surface area contributed by atoms with Crippen LogP contribution in [0.15, 0.2) is 65.5 Å². The maximum Gasteiger partial charge on any atom is 0.343 e. The first-order valence-corrected chi connectivity index (χ1v) is 9.25. The van der Waals surface area contributed by atoms with Crippen molar-refractivity contribution in [1.29, 1.82) is 0 Å². The van der Waals surface area contributed by atoms with Crippen molar-refractivity contribution < 1.29 is 0 Å². The van der Waals surface area contributed by atoms with E-state index >= 15 is 0 Å². The maximum absolute atomic E-state index is 12.2. The fourth-order valence-corrected chi connectivity index (χ4v) is 3.75. The SMILES string of the molecule is O=c1[nH]nc(C2CCN(Cc3ccccc3)CC2)n1Cc1ccccc1. The van der Waals surface area contributed by atoms with Gasteiger partial charge in [-0.15, -0.1) is 0 Å². The monoisotopic (exact) mass is 348 g/mol. The summed E-state index contributed by atoms with van der Waals surface area (Å²) < 4.78 is 1.80. The van der Waals surface area contributed by atoms with Crippen molar-refractivity contribution in [1.82, 2.24) is 19.7 Å². The molecule has 0 unspecified atom stereocenters. The van der Waals surface area contributed by atoms with Gasteiger partial charge in [-0.1, -0.05) is 60.7 Å². The summed E-state index contributed by atoms with van der Waals surface area (Å²) in [6.45, 7) is 3.64. The number of aromatic nitrogens is 3. The molecule has 0 amide bonds. The molecule has 1 aliphatic heterocycles. The van der Waals surface area contributed by atoms with E-state index < -0.39 is 0 Å². The van der Waals surface area contributed by atoms with Gasteiger partial charge in [0.25, 0.3) is 0 Å². The minimum absolute atomic E-state index is 0.115. The highest BCUT2D eigenvalue weighted by Gasteiger charge is 2.25. The predicted octanol–water partition coefficient (Wildman–Crippen LogP) is 3.00. The number of hydrogen-bond acceptors (Lipinski definition) is 3. The maximum atomic E-state index is 12.2. The van der Waals surface area contributed by atoms with E-state index in [-0.39, 0.29) is 5.69 Å². The summed E-state index contributed by atoms with van der Waals surface area (Å²) in [6, 6.07) is 20.7. The Morgan fingerprint density at radius 1 is 0.885 bits per heavy atom. The molecule has 134 valence electrons. The summed E-state index contributed by atoms with van der Waals surface area (Å²) in [5.41, 5.74) is 2.36. The molecule has 26 heavy (non-hydrogen) atoms. The number of H-pyrrole nitrogens is 1. The topological polar surface area (TPSA) is 53.9 Å². The zero-order chi connectivity index (χ0) is 17.8.